The molecule has 1 heterocycles. The van der Waals surface area contributed by atoms with Crippen molar-refractivity contribution < 1.29 is 10.0 Å². The molecule has 0 radical (unpaired) electrons. The molecule has 0 fully saturated rings. The number of oxime groups is 1. The standard InChI is InChI=1S/C8H13N5O2/c1-5-6(4-11-12-5)8(14)10-3-2-7(9)13-15/h4,15H,2-3H2,1H3,(H2,9,13)(H,10,14)(H,11,12). The number of hydrogen-bond donors (Lipinski definition) is 4. The molecular formula is C8H13N5O2. The van der Waals surface area contributed by atoms with Crippen LogP contribution in [0.5, 0.6) is 0 Å². The number of amidine groups is 1. The van der Waals surface area contributed by atoms with E-state index in [1.54, 1.807) is 6.92 Å². The third-order valence-corrected chi connectivity index (χ3v) is 1.87. The first kappa shape index (κ1) is 11.0. The van der Waals surface area contributed by atoms with E-state index in [1.165, 1.54) is 6.20 Å². The largest absolute Gasteiger partial charge is 0.409 e. The van der Waals surface area contributed by atoms with E-state index in [4.69, 9.17) is 10.9 Å². The fourth-order valence-electron chi connectivity index (χ4n) is 1.03. The lowest BCUT2D eigenvalue weighted by Crippen LogP contribution is -2.28. The normalized spacial score (nSPS) is 11.4. The van der Waals surface area contributed by atoms with Crippen LogP contribution in [0.4, 0.5) is 0 Å². The molecule has 0 aliphatic heterocycles. The van der Waals surface area contributed by atoms with Gasteiger partial charge in [0.2, 0.25) is 0 Å². The number of H-pyrrole nitrogens is 1. The van der Waals surface area contributed by atoms with Crippen LogP contribution in [0.25, 0.3) is 0 Å². The van der Waals surface area contributed by atoms with Crippen molar-refractivity contribution in [3.8, 4) is 0 Å². The Hall–Kier alpha value is -2.05. The topological polar surface area (TPSA) is 116 Å². The van der Waals surface area contributed by atoms with Crippen LogP contribution in [0.3, 0.4) is 0 Å². The summed E-state index contributed by atoms with van der Waals surface area (Å²) in [4.78, 5) is 11.5. The smallest absolute Gasteiger partial charge is 0.254 e. The van der Waals surface area contributed by atoms with Crippen molar-refractivity contribution in [2.75, 3.05) is 6.54 Å². The molecule has 0 aliphatic carbocycles. The summed E-state index contributed by atoms with van der Waals surface area (Å²) in [6.07, 6.45) is 1.76. The van der Waals surface area contributed by atoms with Gasteiger partial charge in [0, 0.05) is 18.7 Å². The van der Waals surface area contributed by atoms with Crippen LogP contribution >= 0.6 is 0 Å². The number of nitrogens with two attached hydrogens (primary N) is 1. The van der Waals surface area contributed by atoms with E-state index in [-0.39, 0.29) is 11.7 Å². The second-order valence-electron chi connectivity index (χ2n) is 3.01. The average Bonchev–Trinajstić information content (AvgIpc) is 2.64. The molecule has 7 heteroatoms. The Morgan fingerprint density at radius 2 is 2.53 bits per heavy atom. The Bertz CT molecular complexity index is 371. The van der Waals surface area contributed by atoms with E-state index >= 15 is 0 Å². The molecular weight excluding hydrogens is 198 g/mol. The van der Waals surface area contributed by atoms with Crippen molar-refractivity contribution in [1.29, 1.82) is 0 Å². The number of rotatable bonds is 4. The third-order valence-electron chi connectivity index (χ3n) is 1.87. The maximum atomic E-state index is 11.5. The number of aromatic amines is 1. The number of aromatic nitrogens is 2. The summed E-state index contributed by atoms with van der Waals surface area (Å²) in [6.45, 7) is 2.07. The lowest BCUT2D eigenvalue weighted by Gasteiger charge is -2.02. The van der Waals surface area contributed by atoms with Gasteiger partial charge < -0.3 is 16.3 Å². The van der Waals surface area contributed by atoms with E-state index in [9.17, 15) is 4.79 Å². The number of amides is 1. The van der Waals surface area contributed by atoms with E-state index in [0.717, 1.165) is 0 Å². The Balaban J connectivity index is 2.41. The summed E-state index contributed by atoms with van der Waals surface area (Å²) in [6, 6.07) is 0. The van der Waals surface area contributed by atoms with Gasteiger partial charge in [0.25, 0.3) is 5.91 Å². The van der Waals surface area contributed by atoms with Gasteiger partial charge in [-0.25, -0.2) is 0 Å². The molecule has 0 bridgehead atoms. The zero-order chi connectivity index (χ0) is 11.3. The van der Waals surface area contributed by atoms with Gasteiger partial charge in [0.15, 0.2) is 0 Å². The quantitative estimate of drug-likeness (QED) is 0.234. The van der Waals surface area contributed by atoms with Crippen LogP contribution in [0.15, 0.2) is 11.4 Å². The number of carbonyl (C=O) groups excluding carboxylic acids is 1. The molecule has 0 saturated heterocycles. The number of carbonyl (C=O) groups is 1. The van der Waals surface area contributed by atoms with E-state index < -0.39 is 0 Å². The molecule has 1 amide bonds. The van der Waals surface area contributed by atoms with Crippen LogP contribution < -0.4 is 11.1 Å². The predicted molar refractivity (Wildman–Crippen MR) is 53.7 cm³/mol. The Morgan fingerprint density at radius 1 is 1.80 bits per heavy atom. The zero-order valence-electron chi connectivity index (χ0n) is 8.32. The molecule has 7 nitrogen and oxygen atoms in total. The van der Waals surface area contributed by atoms with Crippen molar-refractivity contribution in [2.24, 2.45) is 10.9 Å². The minimum atomic E-state index is -0.230. The Morgan fingerprint density at radius 3 is 3.07 bits per heavy atom. The molecule has 0 spiro atoms. The fourth-order valence-corrected chi connectivity index (χ4v) is 1.03. The highest BCUT2D eigenvalue weighted by atomic mass is 16.4. The maximum Gasteiger partial charge on any atom is 0.254 e. The number of nitrogens with zero attached hydrogens (tertiary/aromatic N) is 2. The first-order chi connectivity index (χ1) is 7.15. The van der Waals surface area contributed by atoms with Crippen LogP contribution in [-0.2, 0) is 0 Å². The van der Waals surface area contributed by atoms with Crippen molar-refractivity contribution in [3.05, 3.63) is 17.5 Å². The number of nitrogens with one attached hydrogen (secondary N) is 2. The summed E-state index contributed by atoms with van der Waals surface area (Å²) < 4.78 is 0. The van der Waals surface area contributed by atoms with Gasteiger partial charge >= 0.3 is 0 Å². The molecule has 15 heavy (non-hydrogen) atoms. The summed E-state index contributed by atoms with van der Waals surface area (Å²) in [5.41, 5.74) is 6.44. The fraction of sp³-hybridized carbons (Fsp3) is 0.375. The highest BCUT2D eigenvalue weighted by Gasteiger charge is 2.09. The van der Waals surface area contributed by atoms with Crippen molar-refractivity contribution >= 4 is 11.7 Å². The molecule has 1 aromatic rings. The van der Waals surface area contributed by atoms with E-state index in [1.807, 2.05) is 0 Å². The van der Waals surface area contributed by atoms with Gasteiger partial charge in [-0.15, -0.1) is 0 Å². The molecule has 0 saturated carbocycles. The molecule has 0 aromatic carbocycles. The summed E-state index contributed by atoms with van der Waals surface area (Å²) in [5.74, 6) is -0.147. The molecule has 0 atom stereocenters. The summed E-state index contributed by atoms with van der Waals surface area (Å²) in [7, 11) is 0. The highest BCUT2D eigenvalue weighted by Crippen LogP contribution is 2.01. The molecule has 0 aliphatic rings. The highest BCUT2D eigenvalue weighted by molar-refractivity contribution is 5.95. The zero-order valence-corrected chi connectivity index (χ0v) is 8.32. The molecule has 1 rings (SSSR count). The SMILES string of the molecule is Cc1[nH]ncc1C(=O)NCCC(N)=NO. The van der Waals surface area contributed by atoms with E-state index in [2.05, 4.69) is 20.7 Å². The Kier molecular flexibility index (Phi) is 3.67. The average molecular weight is 211 g/mol. The van der Waals surface area contributed by atoms with Crippen molar-refractivity contribution in [1.82, 2.24) is 15.5 Å². The van der Waals surface area contributed by atoms with Crippen LogP contribution in [0, 0.1) is 6.92 Å². The first-order valence-electron chi connectivity index (χ1n) is 4.39. The van der Waals surface area contributed by atoms with Gasteiger partial charge in [-0.2, -0.15) is 5.10 Å². The van der Waals surface area contributed by atoms with Gasteiger partial charge in [0.05, 0.1) is 11.8 Å². The van der Waals surface area contributed by atoms with E-state index in [0.29, 0.717) is 24.2 Å². The molecule has 1 aromatic heterocycles. The van der Waals surface area contributed by atoms with Crippen LogP contribution in [0.2, 0.25) is 0 Å². The second-order valence-corrected chi connectivity index (χ2v) is 3.01. The van der Waals surface area contributed by atoms with Gasteiger partial charge in [-0.05, 0) is 6.92 Å². The van der Waals surface area contributed by atoms with Crippen LogP contribution in [0.1, 0.15) is 22.5 Å². The third kappa shape index (κ3) is 2.97. The summed E-state index contributed by atoms with van der Waals surface area (Å²) in [5, 5.41) is 20.1. The lowest BCUT2D eigenvalue weighted by molar-refractivity contribution is 0.0954. The minimum Gasteiger partial charge on any atom is -0.409 e. The van der Waals surface area contributed by atoms with Gasteiger partial charge in [-0.1, -0.05) is 5.16 Å². The minimum absolute atomic E-state index is 0.0826. The van der Waals surface area contributed by atoms with Crippen LogP contribution in [-0.4, -0.2) is 33.7 Å². The molecule has 82 valence electrons. The molecule has 5 N–H and O–H groups in total. The summed E-state index contributed by atoms with van der Waals surface area (Å²) >= 11 is 0. The first-order valence-corrected chi connectivity index (χ1v) is 4.39. The molecule has 0 unspecified atom stereocenters. The predicted octanol–water partition coefficient (Wildman–Crippen LogP) is -0.416. The number of aryl methyl sites for hydroxylation is 1. The van der Waals surface area contributed by atoms with Crippen molar-refractivity contribution in [3.63, 3.8) is 0 Å². The maximum absolute atomic E-state index is 11.5. The lowest BCUT2D eigenvalue weighted by atomic mass is 10.2. The Labute approximate surface area is 86.3 Å². The number of hydrogen-bond acceptors (Lipinski definition) is 4. The van der Waals surface area contributed by atoms with Crippen molar-refractivity contribution in [2.45, 2.75) is 13.3 Å². The van der Waals surface area contributed by atoms with Gasteiger partial charge in [-0.3, -0.25) is 9.89 Å². The second kappa shape index (κ2) is 4.99. The monoisotopic (exact) mass is 211 g/mol. The van der Waals surface area contributed by atoms with Gasteiger partial charge in [0.1, 0.15) is 5.84 Å².